The zero-order chi connectivity index (χ0) is 24.7. The minimum absolute atomic E-state index is 0.0580. The Bertz CT molecular complexity index is 1020. The van der Waals surface area contributed by atoms with Gasteiger partial charge in [0.1, 0.15) is 5.75 Å². The number of halogens is 3. The molecule has 0 aromatic heterocycles. The van der Waals surface area contributed by atoms with Gasteiger partial charge in [0.05, 0.1) is 17.8 Å². The van der Waals surface area contributed by atoms with Crippen molar-refractivity contribution in [1.82, 2.24) is 9.80 Å². The number of rotatable bonds is 9. The quantitative estimate of drug-likeness (QED) is 0.434. The number of aryl methyl sites for hydroxylation is 1. The lowest BCUT2D eigenvalue weighted by Gasteiger charge is -2.34. The molecule has 1 N–H and O–H groups in total. The molecule has 6 nitrogen and oxygen atoms in total. The van der Waals surface area contributed by atoms with Crippen LogP contribution in [0.1, 0.15) is 29.2 Å². The smallest absolute Gasteiger partial charge is 0.418 e. The van der Waals surface area contributed by atoms with Crippen LogP contribution in [0.2, 0.25) is 0 Å². The van der Waals surface area contributed by atoms with Gasteiger partial charge in [-0.2, -0.15) is 13.2 Å². The highest BCUT2D eigenvalue weighted by Crippen LogP contribution is 2.36. The van der Waals surface area contributed by atoms with Gasteiger partial charge in [-0.15, -0.1) is 0 Å². The third-order valence-electron chi connectivity index (χ3n) is 6.07. The molecule has 0 bridgehead atoms. The summed E-state index contributed by atoms with van der Waals surface area (Å²) in [6.45, 7) is 9.74. The maximum atomic E-state index is 13.3. The van der Waals surface area contributed by atoms with E-state index in [1.807, 2.05) is 25.1 Å². The molecule has 9 heteroatoms. The number of aliphatic imine (C=N–C) groups is 1. The van der Waals surface area contributed by atoms with Crippen LogP contribution in [0.3, 0.4) is 0 Å². The lowest BCUT2D eigenvalue weighted by molar-refractivity contribution is -0.137. The minimum Gasteiger partial charge on any atom is -0.428 e. The highest BCUT2D eigenvalue weighted by molar-refractivity contribution is 6.04. The third kappa shape index (κ3) is 6.57. The van der Waals surface area contributed by atoms with Gasteiger partial charge in [0, 0.05) is 57.6 Å². The fourth-order valence-electron chi connectivity index (χ4n) is 4.15. The Hall–Kier alpha value is -2.91. The number of anilines is 1. The van der Waals surface area contributed by atoms with Gasteiger partial charge in [0.2, 0.25) is 0 Å². The summed E-state index contributed by atoms with van der Waals surface area (Å²) in [5.41, 5.74) is 2.44. The monoisotopic (exact) mass is 476 g/mol. The zero-order valence-corrected chi connectivity index (χ0v) is 19.8. The topological polar surface area (TPSA) is 57.2 Å². The molecule has 3 rings (SSSR count). The van der Waals surface area contributed by atoms with Gasteiger partial charge in [-0.25, -0.2) is 0 Å². The highest BCUT2D eigenvalue weighted by Gasteiger charge is 2.34. The summed E-state index contributed by atoms with van der Waals surface area (Å²) in [6.07, 6.45) is -4.42. The fourth-order valence-corrected chi connectivity index (χ4v) is 4.15. The number of piperazine rings is 1. The average Bonchev–Trinajstić information content (AvgIpc) is 2.81. The molecule has 0 saturated carbocycles. The van der Waals surface area contributed by atoms with Crippen molar-refractivity contribution in [2.24, 2.45) is 4.99 Å². The number of benzene rings is 2. The van der Waals surface area contributed by atoms with Gasteiger partial charge in [-0.05, 0) is 37.1 Å². The zero-order valence-electron chi connectivity index (χ0n) is 19.8. The summed E-state index contributed by atoms with van der Waals surface area (Å²) in [4.78, 5) is 19.9. The van der Waals surface area contributed by atoms with Crippen molar-refractivity contribution >= 4 is 17.9 Å². The maximum absolute atomic E-state index is 13.3. The Morgan fingerprint density at radius 2 is 1.85 bits per heavy atom. The largest absolute Gasteiger partial charge is 0.428 e. The van der Waals surface area contributed by atoms with Crippen LogP contribution in [0, 0.1) is 6.92 Å². The molecule has 2 aromatic carbocycles. The molecule has 1 saturated heterocycles. The van der Waals surface area contributed by atoms with Crippen molar-refractivity contribution in [3.8, 4) is 5.75 Å². The average molecular weight is 477 g/mol. The van der Waals surface area contributed by atoms with Gasteiger partial charge in [-0.1, -0.05) is 24.3 Å². The first-order valence-electron chi connectivity index (χ1n) is 11.3. The van der Waals surface area contributed by atoms with E-state index in [0.29, 0.717) is 30.0 Å². The molecule has 1 aliphatic heterocycles. The molecule has 0 unspecified atom stereocenters. The molecule has 0 spiro atoms. The van der Waals surface area contributed by atoms with E-state index < -0.39 is 11.7 Å². The van der Waals surface area contributed by atoms with Gasteiger partial charge < -0.3 is 10.1 Å². The molecule has 1 heterocycles. The Kier molecular flexibility index (Phi) is 8.68. The SMILES string of the molecule is CNc1c(C(C)=NCCN2CCN(Cc3ccc(C)c(OC=O)c3)CC2)cccc1C(F)(F)F. The van der Waals surface area contributed by atoms with Crippen LogP contribution in [0.5, 0.6) is 5.75 Å². The normalized spacial score (nSPS) is 15.9. The number of nitrogens with one attached hydrogen (secondary N) is 1. The minimum atomic E-state index is -4.42. The van der Waals surface area contributed by atoms with E-state index in [1.54, 1.807) is 13.0 Å². The van der Waals surface area contributed by atoms with Crippen LogP contribution in [0.4, 0.5) is 18.9 Å². The lowest BCUT2D eigenvalue weighted by Crippen LogP contribution is -2.46. The van der Waals surface area contributed by atoms with Crippen LogP contribution in [0.25, 0.3) is 0 Å². The second-order valence-corrected chi connectivity index (χ2v) is 8.37. The van der Waals surface area contributed by atoms with Crippen molar-refractivity contribution in [2.75, 3.05) is 51.6 Å². The molecule has 0 aliphatic carbocycles. The summed E-state index contributed by atoms with van der Waals surface area (Å²) < 4.78 is 44.9. The summed E-state index contributed by atoms with van der Waals surface area (Å²) >= 11 is 0. The maximum Gasteiger partial charge on any atom is 0.418 e. The fraction of sp³-hybridized carbons (Fsp3) is 0.440. The van der Waals surface area contributed by atoms with Gasteiger partial charge in [-0.3, -0.25) is 19.6 Å². The van der Waals surface area contributed by atoms with Crippen molar-refractivity contribution in [2.45, 2.75) is 26.6 Å². The van der Waals surface area contributed by atoms with Gasteiger partial charge >= 0.3 is 6.18 Å². The lowest BCUT2D eigenvalue weighted by atomic mass is 10.0. The number of carbonyl (C=O) groups excluding carboxylic acids is 1. The van der Waals surface area contributed by atoms with Gasteiger partial charge in [0.25, 0.3) is 6.47 Å². The number of hydrogen-bond donors (Lipinski definition) is 1. The molecule has 1 aliphatic rings. The molecule has 0 atom stereocenters. The van der Waals surface area contributed by atoms with Gasteiger partial charge in [0.15, 0.2) is 0 Å². The summed E-state index contributed by atoms with van der Waals surface area (Å²) in [5, 5.41) is 2.69. The Labute approximate surface area is 198 Å². The number of para-hydroxylation sites is 1. The summed E-state index contributed by atoms with van der Waals surface area (Å²) in [5.74, 6) is 0.585. The second-order valence-electron chi connectivity index (χ2n) is 8.37. The number of hydrogen-bond acceptors (Lipinski definition) is 6. The molecular formula is C25H31F3N4O2. The standard InChI is InChI=1S/C25H31F3N4O2/c1-18-7-8-20(15-23(18)34-17-33)16-32-13-11-31(12-14-32)10-9-30-19(2)21-5-4-6-22(24(21)29-3)25(26,27)28/h4-8,15,17,29H,9-14,16H2,1-3H3. The van der Waals surface area contributed by atoms with Crippen LogP contribution in [-0.2, 0) is 17.5 Å². The van der Waals surface area contributed by atoms with E-state index in [1.165, 1.54) is 13.1 Å². The van der Waals surface area contributed by atoms with Crippen molar-refractivity contribution in [3.63, 3.8) is 0 Å². The first kappa shape index (κ1) is 25.7. The third-order valence-corrected chi connectivity index (χ3v) is 6.07. The molecular weight excluding hydrogens is 445 g/mol. The van der Waals surface area contributed by atoms with Crippen LogP contribution < -0.4 is 10.1 Å². The van der Waals surface area contributed by atoms with E-state index in [-0.39, 0.29) is 5.69 Å². The summed E-state index contributed by atoms with van der Waals surface area (Å²) in [7, 11) is 1.49. The molecule has 1 fully saturated rings. The first-order valence-corrected chi connectivity index (χ1v) is 11.3. The number of carbonyl (C=O) groups is 1. The Morgan fingerprint density at radius 3 is 2.50 bits per heavy atom. The molecule has 34 heavy (non-hydrogen) atoms. The van der Waals surface area contributed by atoms with E-state index in [0.717, 1.165) is 56.5 Å². The van der Waals surface area contributed by atoms with Crippen LogP contribution in [-0.4, -0.2) is 68.3 Å². The van der Waals surface area contributed by atoms with Crippen molar-refractivity contribution < 1.29 is 22.7 Å². The second kappa shape index (κ2) is 11.5. The van der Waals surface area contributed by atoms with Crippen LogP contribution >= 0.6 is 0 Å². The van der Waals surface area contributed by atoms with E-state index in [2.05, 4.69) is 20.1 Å². The summed E-state index contributed by atoms with van der Waals surface area (Å²) in [6, 6.07) is 10.1. The van der Waals surface area contributed by atoms with Crippen LogP contribution in [0.15, 0.2) is 41.4 Å². The predicted octanol–water partition coefficient (Wildman–Crippen LogP) is 4.22. The number of ether oxygens (including phenoxy) is 1. The highest BCUT2D eigenvalue weighted by atomic mass is 19.4. The number of alkyl halides is 3. The Morgan fingerprint density at radius 1 is 1.15 bits per heavy atom. The van der Waals surface area contributed by atoms with E-state index in [9.17, 15) is 18.0 Å². The molecule has 0 amide bonds. The molecule has 2 aromatic rings. The predicted molar refractivity (Wildman–Crippen MR) is 128 cm³/mol. The number of nitrogens with zero attached hydrogens (tertiary/aromatic N) is 3. The first-order chi connectivity index (χ1) is 16.2. The van der Waals surface area contributed by atoms with E-state index >= 15 is 0 Å². The van der Waals surface area contributed by atoms with E-state index in [4.69, 9.17) is 4.74 Å². The molecule has 0 radical (unpaired) electrons. The van der Waals surface area contributed by atoms with Crippen molar-refractivity contribution in [1.29, 1.82) is 0 Å². The molecule has 184 valence electrons. The van der Waals surface area contributed by atoms with Crippen molar-refractivity contribution in [3.05, 3.63) is 58.7 Å². The Balaban J connectivity index is 1.52.